The fourth-order valence-electron chi connectivity index (χ4n) is 4.46. The normalized spacial score (nSPS) is 22.5. The summed E-state index contributed by atoms with van der Waals surface area (Å²) in [5.74, 6) is 1.63. The van der Waals surface area contributed by atoms with Gasteiger partial charge in [0.15, 0.2) is 0 Å². The summed E-state index contributed by atoms with van der Waals surface area (Å²) in [6, 6.07) is 19.0. The van der Waals surface area contributed by atoms with Gasteiger partial charge in [-0.25, -0.2) is 0 Å². The van der Waals surface area contributed by atoms with E-state index in [2.05, 4.69) is 40.1 Å². The number of fused-ring (bicyclic) bond motifs is 4. The second-order valence-electron chi connectivity index (χ2n) is 7.84. The molecule has 1 amide bonds. The molecule has 0 N–H and O–H groups in total. The first kappa shape index (κ1) is 18.1. The molecule has 0 radical (unpaired) electrons. The zero-order chi connectivity index (χ0) is 18.6. The van der Waals surface area contributed by atoms with E-state index in [0.717, 1.165) is 37.5 Å². The van der Waals surface area contributed by atoms with Crippen molar-refractivity contribution in [1.82, 2.24) is 9.80 Å². The van der Waals surface area contributed by atoms with Gasteiger partial charge in [0, 0.05) is 32.2 Å². The Kier molecular flexibility index (Phi) is 5.44. The number of amides is 1. The lowest BCUT2D eigenvalue weighted by molar-refractivity contribution is -0.130. The molecule has 27 heavy (non-hydrogen) atoms. The monoisotopic (exact) mass is 364 g/mol. The first-order valence-electron chi connectivity index (χ1n) is 9.90. The minimum absolute atomic E-state index is 0.238. The average molecular weight is 364 g/mol. The zero-order valence-corrected chi connectivity index (χ0v) is 16.0. The number of methoxy groups -OCH3 is 1. The van der Waals surface area contributed by atoms with E-state index in [1.165, 1.54) is 18.4 Å². The predicted molar refractivity (Wildman–Crippen MR) is 107 cm³/mol. The number of rotatable bonds is 5. The summed E-state index contributed by atoms with van der Waals surface area (Å²) in [5, 5.41) is 0. The van der Waals surface area contributed by atoms with Crippen molar-refractivity contribution in [1.29, 1.82) is 0 Å². The van der Waals surface area contributed by atoms with E-state index in [9.17, 15) is 4.79 Å². The lowest BCUT2D eigenvalue weighted by Crippen LogP contribution is -2.44. The molecule has 4 heteroatoms. The van der Waals surface area contributed by atoms with Gasteiger partial charge >= 0.3 is 0 Å². The quantitative estimate of drug-likeness (QED) is 0.816. The maximum Gasteiger partial charge on any atom is 0.227 e. The van der Waals surface area contributed by atoms with E-state index in [1.807, 2.05) is 24.3 Å². The second-order valence-corrected chi connectivity index (χ2v) is 7.84. The average Bonchev–Trinajstić information content (AvgIpc) is 3.01. The van der Waals surface area contributed by atoms with Crippen molar-refractivity contribution >= 4 is 5.91 Å². The highest BCUT2D eigenvalue weighted by atomic mass is 16.5. The summed E-state index contributed by atoms with van der Waals surface area (Å²) < 4.78 is 5.29. The summed E-state index contributed by atoms with van der Waals surface area (Å²) in [5.41, 5.74) is 2.39. The molecule has 2 bridgehead atoms. The lowest BCUT2D eigenvalue weighted by Gasteiger charge is -2.36. The number of nitrogens with zero attached hydrogens (tertiary/aromatic N) is 2. The summed E-state index contributed by atoms with van der Waals surface area (Å²) in [7, 11) is 1.66. The molecule has 0 saturated carbocycles. The Morgan fingerprint density at radius 2 is 1.81 bits per heavy atom. The molecule has 0 aliphatic carbocycles. The molecule has 3 heterocycles. The Bertz CT molecular complexity index is 777. The Hall–Kier alpha value is -2.33. The third-order valence-electron chi connectivity index (χ3n) is 5.90. The van der Waals surface area contributed by atoms with Crippen LogP contribution in [0, 0.1) is 5.92 Å². The number of piperidine rings is 1. The standard InChI is InChI=1S/C23H28N2O2/c1-27-22-9-5-8-19(12-22)13-23(26)25-16-20-10-11-21(17-25)24(15-20)14-18-6-3-2-4-7-18/h2-9,12,20-21H,10-11,13-17H2,1H3/t20-,21-/m1/s1. The molecule has 2 atom stereocenters. The van der Waals surface area contributed by atoms with Crippen molar-refractivity contribution in [2.24, 2.45) is 5.92 Å². The van der Waals surface area contributed by atoms with Crippen LogP contribution in [0.5, 0.6) is 5.75 Å². The molecule has 2 aromatic carbocycles. The van der Waals surface area contributed by atoms with Crippen LogP contribution in [0.3, 0.4) is 0 Å². The molecular formula is C23H28N2O2. The van der Waals surface area contributed by atoms with Crippen LogP contribution >= 0.6 is 0 Å². The van der Waals surface area contributed by atoms with E-state index in [0.29, 0.717) is 18.4 Å². The van der Waals surface area contributed by atoms with Crippen LogP contribution in [0.2, 0.25) is 0 Å². The van der Waals surface area contributed by atoms with Gasteiger partial charge in [0.2, 0.25) is 5.91 Å². The number of carbonyl (C=O) groups excluding carboxylic acids is 1. The van der Waals surface area contributed by atoms with Crippen LogP contribution in [-0.4, -0.2) is 48.5 Å². The fourth-order valence-corrected chi connectivity index (χ4v) is 4.46. The first-order valence-corrected chi connectivity index (χ1v) is 9.90. The third kappa shape index (κ3) is 4.33. The van der Waals surface area contributed by atoms with E-state index in [4.69, 9.17) is 4.74 Å². The minimum Gasteiger partial charge on any atom is -0.497 e. The van der Waals surface area contributed by atoms with Crippen molar-refractivity contribution < 1.29 is 9.53 Å². The van der Waals surface area contributed by atoms with Crippen LogP contribution in [-0.2, 0) is 17.8 Å². The molecule has 0 unspecified atom stereocenters. The predicted octanol–water partition coefficient (Wildman–Crippen LogP) is 3.36. The summed E-state index contributed by atoms with van der Waals surface area (Å²) in [4.78, 5) is 17.7. The van der Waals surface area contributed by atoms with Gasteiger partial charge in [-0.3, -0.25) is 9.69 Å². The maximum atomic E-state index is 13.0. The number of hydrogen-bond acceptors (Lipinski definition) is 3. The number of benzene rings is 2. The molecule has 3 saturated heterocycles. The van der Waals surface area contributed by atoms with Crippen LogP contribution in [0.25, 0.3) is 0 Å². The third-order valence-corrected chi connectivity index (χ3v) is 5.90. The smallest absolute Gasteiger partial charge is 0.227 e. The van der Waals surface area contributed by atoms with Crippen molar-refractivity contribution in [2.45, 2.75) is 31.8 Å². The first-order chi connectivity index (χ1) is 13.2. The molecule has 3 aliphatic rings. The SMILES string of the molecule is COc1cccc(CC(=O)N2C[C@@H]3CC[C@H](C2)N(Cc2ccccc2)C3)c1. The van der Waals surface area contributed by atoms with E-state index >= 15 is 0 Å². The summed E-state index contributed by atoms with van der Waals surface area (Å²) in [6.07, 6.45) is 2.88. The number of hydrogen-bond donors (Lipinski definition) is 0. The Labute approximate surface area is 161 Å². The van der Waals surface area contributed by atoms with Gasteiger partial charge in [0.25, 0.3) is 0 Å². The Morgan fingerprint density at radius 3 is 2.63 bits per heavy atom. The van der Waals surface area contributed by atoms with E-state index in [1.54, 1.807) is 7.11 Å². The molecule has 0 spiro atoms. The largest absolute Gasteiger partial charge is 0.497 e. The molecule has 5 rings (SSSR count). The van der Waals surface area contributed by atoms with Gasteiger partial charge in [-0.05, 0) is 42.0 Å². The number of ether oxygens (including phenoxy) is 1. The van der Waals surface area contributed by atoms with E-state index in [-0.39, 0.29) is 5.91 Å². The summed E-state index contributed by atoms with van der Waals surface area (Å²) in [6.45, 7) is 3.83. The second kappa shape index (κ2) is 8.13. The Morgan fingerprint density at radius 1 is 1.00 bits per heavy atom. The van der Waals surface area contributed by atoms with Crippen LogP contribution in [0.4, 0.5) is 0 Å². The molecular weight excluding hydrogens is 336 g/mol. The van der Waals surface area contributed by atoms with Gasteiger partial charge in [-0.15, -0.1) is 0 Å². The molecule has 2 aromatic rings. The van der Waals surface area contributed by atoms with Gasteiger partial charge in [-0.2, -0.15) is 0 Å². The van der Waals surface area contributed by atoms with Gasteiger partial charge in [0.1, 0.15) is 5.75 Å². The maximum absolute atomic E-state index is 13.0. The molecule has 3 fully saturated rings. The topological polar surface area (TPSA) is 32.8 Å². The van der Waals surface area contributed by atoms with Crippen LogP contribution in [0.1, 0.15) is 24.0 Å². The minimum atomic E-state index is 0.238. The summed E-state index contributed by atoms with van der Waals surface area (Å²) >= 11 is 0. The molecule has 4 nitrogen and oxygen atoms in total. The van der Waals surface area contributed by atoms with Crippen LogP contribution in [0.15, 0.2) is 54.6 Å². The lowest BCUT2D eigenvalue weighted by atomic mass is 9.94. The van der Waals surface area contributed by atoms with Crippen molar-refractivity contribution in [2.75, 3.05) is 26.7 Å². The highest BCUT2D eigenvalue weighted by Gasteiger charge is 2.36. The molecule has 0 aromatic heterocycles. The number of carbonyl (C=O) groups is 1. The van der Waals surface area contributed by atoms with Crippen molar-refractivity contribution in [3.8, 4) is 5.75 Å². The fraction of sp³-hybridized carbons (Fsp3) is 0.435. The van der Waals surface area contributed by atoms with Crippen LogP contribution < -0.4 is 4.74 Å². The highest BCUT2D eigenvalue weighted by molar-refractivity contribution is 5.79. The van der Waals surface area contributed by atoms with Gasteiger partial charge in [0.05, 0.1) is 13.5 Å². The van der Waals surface area contributed by atoms with Gasteiger partial charge < -0.3 is 9.64 Å². The van der Waals surface area contributed by atoms with Crippen molar-refractivity contribution in [3.05, 3.63) is 65.7 Å². The molecule has 142 valence electrons. The Balaban J connectivity index is 1.42. The van der Waals surface area contributed by atoms with Crippen molar-refractivity contribution in [3.63, 3.8) is 0 Å². The zero-order valence-electron chi connectivity index (χ0n) is 16.0. The van der Waals surface area contributed by atoms with E-state index < -0.39 is 0 Å². The molecule has 3 aliphatic heterocycles. The highest BCUT2D eigenvalue weighted by Crippen LogP contribution is 2.29. The van der Waals surface area contributed by atoms with Gasteiger partial charge in [-0.1, -0.05) is 42.5 Å².